The van der Waals surface area contributed by atoms with Crippen molar-refractivity contribution in [1.82, 2.24) is 5.32 Å². The molecule has 2 aromatic rings. The molecule has 0 amide bonds. The molecule has 2 nitrogen and oxygen atoms in total. The molecule has 0 spiro atoms. The fraction of sp³-hybridized carbons (Fsp3) is 0.368. The smallest absolute Gasteiger partial charge is 0.113 e. The van der Waals surface area contributed by atoms with Crippen LogP contribution >= 0.6 is 0 Å². The molecule has 0 radical (unpaired) electrons. The first-order valence-electron chi connectivity index (χ1n) is 7.94. The quantitative estimate of drug-likeness (QED) is 0.866. The van der Waals surface area contributed by atoms with Gasteiger partial charge in [-0.2, -0.15) is 0 Å². The second kappa shape index (κ2) is 6.77. The molecule has 1 aliphatic rings. The zero-order chi connectivity index (χ0) is 14.5. The van der Waals surface area contributed by atoms with Gasteiger partial charge in [0.15, 0.2) is 0 Å². The van der Waals surface area contributed by atoms with Crippen LogP contribution in [0.4, 0.5) is 0 Å². The number of nitrogens with one attached hydrogen (secondary N) is 1. The van der Waals surface area contributed by atoms with Gasteiger partial charge < -0.3 is 10.1 Å². The van der Waals surface area contributed by atoms with Gasteiger partial charge in [-0.1, -0.05) is 49.4 Å². The van der Waals surface area contributed by atoms with Gasteiger partial charge in [-0.25, -0.2) is 0 Å². The van der Waals surface area contributed by atoms with Gasteiger partial charge in [0.1, 0.15) is 5.76 Å². The van der Waals surface area contributed by atoms with E-state index in [4.69, 9.17) is 4.74 Å². The van der Waals surface area contributed by atoms with Gasteiger partial charge in [0, 0.05) is 0 Å². The number of allylic oxidation sites excluding steroid dienone is 1. The van der Waals surface area contributed by atoms with Crippen LogP contribution in [0.25, 0.3) is 10.8 Å². The van der Waals surface area contributed by atoms with Crippen molar-refractivity contribution in [2.24, 2.45) is 0 Å². The minimum absolute atomic E-state index is 0.163. The molecule has 1 unspecified atom stereocenters. The van der Waals surface area contributed by atoms with E-state index < -0.39 is 0 Å². The maximum atomic E-state index is 5.94. The molecular weight excluding hydrogens is 258 g/mol. The summed E-state index contributed by atoms with van der Waals surface area (Å²) in [5.74, 6) is 1.09. The van der Waals surface area contributed by atoms with E-state index in [-0.39, 0.29) is 6.04 Å². The van der Waals surface area contributed by atoms with Gasteiger partial charge >= 0.3 is 0 Å². The first-order valence-corrected chi connectivity index (χ1v) is 7.94. The summed E-state index contributed by atoms with van der Waals surface area (Å²) in [6.45, 7) is 4.03. The van der Waals surface area contributed by atoms with Crippen molar-refractivity contribution in [3.63, 3.8) is 0 Å². The van der Waals surface area contributed by atoms with Crippen molar-refractivity contribution in [3.05, 3.63) is 59.9 Å². The molecule has 0 aliphatic carbocycles. The van der Waals surface area contributed by atoms with Gasteiger partial charge in [-0.05, 0) is 48.2 Å². The van der Waals surface area contributed by atoms with Crippen LogP contribution in [0, 0.1) is 0 Å². The Morgan fingerprint density at radius 3 is 2.81 bits per heavy atom. The standard InChI is InChI=1S/C19H23NO/c1-2-13-20-19(18-12-5-6-14-21-18)17-11-7-9-15-8-3-4-10-16(15)17/h3-4,7-12,19-20H,2,5-6,13-14H2,1H3. The molecule has 110 valence electrons. The van der Waals surface area contributed by atoms with E-state index in [0.717, 1.165) is 38.2 Å². The highest BCUT2D eigenvalue weighted by molar-refractivity contribution is 5.86. The average Bonchev–Trinajstić information content (AvgIpc) is 2.56. The van der Waals surface area contributed by atoms with E-state index >= 15 is 0 Å². The number of rotatable bonds is 5. The lowest BCUT2D eigenvalue weighted by atomic mass is 9.96. The summed E-state index contributed by atoms with van der Waals surface area (Å²) in [5, 5.41) is 6.25. The number of hydrogen-bond acceptors (Lipinski definition) is 2. The first kappa shape index (κ1) is 14.2. The molecule has 0 saturated carbocycles. The Balaban J connectivity index is 2.03. The van der Waals surface area contributed by atoms with Crippen LogP contribution in [-0.4, -0.2) is 13.2 Å². The zero-order valence-electron chi connectivity index (χ0n) is 12.6. The summed E-state index contributed by atoms with van der Waals surface area (Å²) in [6.07, 6.45) is 5.61. The van der Waals surface area contributed by atoms with Crippen molar-refractivity contribution < 1.29 is 4.74 Å². The molecule has 1 N–H and O–H groups in total. The monoisotopic (exact) mass is 281 g/mol. The summed E-state index contributed by atoms with van der Waals surface area (Å²) < 4.78 is 5.94. The van der Waals surface area contributed by atoms with Crippen molar-refractivity contribution in [1.29, 1.82) is 0 Å². The minimum Gasteiger partial charge on any atom is -0.496 e. The van der Waals surface area contributed by atoms with Crippen LogP contribution in [0.15, 0.2) is 54.3 Å². The Labute approximate surface area is 126 Å². The lowest BCUT2D eigenvalue weighted by Crippen LogP contribution is -2.26. The summed E-state index contributed by atoms with van der Waals surface area (Å²) in [6, 6.07) is 15.3. The van der Waals surface area contributed by atoms with Crippen molar-refractivity contribution in [2.75, 3.05) is 13.2 Å². The van der Waals surface area contributed by atoms with Crippen molar-refractivity contribution in [2.45, 2.75) is 32.2 Å². The number of ether oxygens (including phenoxy) is 1. The highest BCUT2D eigenvalue weighted by Crippen LogP contribution is 2.31. The van der Waals surface area contributed by atoms with Gasteiger partial charge in [0.2, 0.25) is 0 Å². The van der Waals surface area contributed by atoms with Crippen LogP contribution < -0.4 is 5.32 Å². The largest absolute Gasteiger partial charge is 0.496 e. The van der Waals surface area contributed by atoms with Gasteiger partial charge in [-0.3, -0.25) is 0 Å². The highest BCUT2D eigenvalue weighted by Gasteiger charge is 2.21. The fourth-order valence-corrected chi connectivity index (χ4v) is 2.93. The molecule has 1 aliphatic heterocycles. The van der Waals surface area contributed by atoms with Crippen molar-refractivity contribution >= 4 is 10.8 Å². The second-order valence-corrected chi connectivity index (χ2v) is 5.55. The van der Waals surface area contributed by atoms with Crippen LogP contribution in [0.1, 0.15) is 37.8 Å². The molecule has 3 rings (SSSR count). The van der Waals surface area contributed by atoms with Crippen LogP contribution in [0.5, 0.6) is 0 Å². The molecule has 2 aromatic carbocycles. The van der Waals surface area contributed by atoms with Crippen LogP contribution in [-0.2, 0) is 4.74 Å². The summed E-state index contributed by atoms with van der Waals surface area (Å²) >= 11 is 0. The predicted molar refractivity (Wildman–Crippen MR) is 88.3 cm³/mol. The van der Waals surface area contributed by atoms with Gasteiger partial charge in [0.05, 0.1) is 12.6 Å². The topological polar surface area (TPSA) is 21.3 Å². The molecule has 21 heavy (non-hydrogen) atoms. The lowest BCUT2D eigenvalue weighted by molar-refractivity contribution is 0.168. The molecule has 0 saturated heterocycles. The predicted octanol–water partition coefficient (Wildman–Crippen LogP) is 4.57. The molecule has 1 atom stereocenters. The van der Waals surface area contributed by atoms with E-state index in [2.05, 4.69) is 60.8 Å². The Kier molecular flexibility index (Phi) is 4.56. The third-order valence-electron chi connectivity index (χ3n) is 3.98. The Morgan fingerprint density at radius 1 is 1.14 bits per heavy atom. The molecule has 0 fully saturated rings. The third-order valence-corrected chi connectivity index (χ3v) is 3.98. The van der Waals surface area contributed by atoms with Crippen LogP contribution in [0.2, 0.25) is 0 Å². The highest BCUT2D eigenvalue weighted by atomic mass is 16.5. The Bertz CT molecular complexity index is 627. The van der Waals surface area contributed by atoms with E-state index in [1.807, 2.05) is 0 Å². The normalized spacial score (nSPS) is 16.3. The van der Waals surface area contributed by atoms with Crippen molar-refractivity contribution in [3.8, 4) is 0 Å². The molecule has 0 aromatic heterocycles. The van der Waals surface area contributed by atoms with E-state index in [1.54, 1.807) is 0 Å². The summed E-state index contributed by atoms with van der Waals surface area (Å²) in [7, 11) is 0. The Morgan fingerprint density at radius 2 is 2.00 bits per heavy atom. The maximum Gasteiger partial charge on any atom is 0.113 e. The van der Waals surface area contributed by atoms with E-state index in [0.29, 0.717) is 0 Å². The molecule has 2 heteroatoms. The minimum atomic E-state index is 0.163. The Hall–Kier alpha value is -1.80. The van der Waals surface area contributed by atoms with Crippen LogP contribution in [0.3, 0.4) is 0 Å². The van der Waals surface area contributed by atoms with E-state index in [9.17, 15) is 0 Å². The van der Waals surface area contributed by atoms with E-state index in [1.165, 1.54) is 16.3 Å². The molecule has 0 bridgehead atoms. The zero-order valence-corrected chi connectivity index (χ0v) is 12.6. The first-order chi connectivity index (χ1) is 10.4. The average molecular weight is 281 g/mol. The number of benzene rings is 2. The van der Waals surface area contributed by atoms with Gasteiger partial charge in [0.25, 0.3) is 0 Å². The summed E-state index contributed by atoms with van der Waals surface area (Å²) in [4.78, 5) is 0. The third kappa shape index (κ3) is 3.11. The molecule has 1 heterocycles. The maximum absolute atomic E-state index is 5.94. The molecular formula is C19H23NO. The number of hydrogen-bond donors (Lipinski definition) is 1. The van der Waals surface area contributed by atoms with Gasteiger partial charge in [-0.15, -0.1) is 0 Å². The SMILES string of the molecule is CCCNC(C1=CCCCO1)c1cccc2ccccc12. The lowest BCUT2D eigenvalue weighted by Gasteiger charge is -2.26. The summed E-state index contributed by atoms with van der Waals surface area (Å²) in [5.41, 5.74) is 1.31. The second-order valence-electron chi connectivity index (χ2n) is 5.55. The fourth-order valence-electron chi connectivity index (χ4n) is 2.93. The number of fused-ring (bicyclic) bond motifs is 1.